The van der Waals surface area contributed by atoms with Crippen LogP contribution in [-0.4, -0.2) is 37.1 Å². The summed E-state index contributed by atoms with van der Waals surface area (Å²) >= 11 is 0. The lowest BCUT2D eigenvalue weighted by molar-refractivity contribution is -0.162. The molecule has 0 saturated carbocycles. The van der Waals surface area contributed by atoms with E-state index in [9.17, 15) is 9.59 Å². The molecule has 0 spiro atoms. The van der Waals surface area contributed by atoms with Crippen molar-refractivity contribution in [2.24, 2.45) is 11.5 Å². The van der Waals surface area contributed by atoms with Crippen LogP contribution in [-0.2, 0) is 14.3 Å². The van der Waals surface area contributed by atoms with E-state index in [1.165, 1.54) is 0 Å². The molecule has 0 amide bonds. The van der Waals surface area contributed by atoms with Crippen molar-refractivity contribution in [3.05, 3.63) is 0 Å². The molecule has 1 aliphatic rings. The van der Waals surface area contributed by atoms with E-state index in [2.05, 4.69) is 5.32 Å². The first kappa shape index (κ1) is 14.1. The Bertz CT molecular complexity index is 265. The van der Waals surface area contributed by atoms with E-state index in [1.807, 2.05) is 0 Å². The maximum atomic E-state index is 11.5. The molecule has 0 aromatic heterocycles. The normalized spacial score (nSPS) is 21.2. The largest absolute Gasteiger partial charge is 0.391 e. The van der Waals surface area contributed by atoms with E-state index in [-0.39, 0.29) is 6.04 Å². The van der Waals surface area contributed by atoms with Crippen molar-refractivity contribution in [2.75, 3.05) is 13.1 Å². The minimum Gasteiger partial charge on any atom is -0.391 e. The molecule has 1 rings (SSSR count). The molecule has 1 saturated heterocycles. The summed E-state index contributed by atoms with van der Waals surface area (Å²) in [6, 6.07) is -1.08. The van der Waals surface area contributed by atoms with Crippen molar-refractivity contribution < 1.29 is 14.3 Å². The molecule has 0 unspecified atom stereocenters. The SMILES string of the molecule is NCCCC[C@@H](N)C(=O)OC(=O)[C@H]1CCCN1. The first-order valence-electron chi connectivity index (χ1n) is 6.09. The molecule has 0 radical (unpaired) electrons. The number of ether oxygens (including phenoxy) is 1. The van der Waals surface area contributed by atoms with Crippen molar-refractivity contribution >= 4 is 11.9 Å². The fourth-order valence-electron chi connectivity index (χ4n) is 1.76. The number of carbonyl (C=O) groups excluding carboxylic acids is 2. The van der Waals surface area contributed by atoms with Crippen LogP contribution in [0.2, 0.25) is 0 Å². The van der Waals surface area contributed by atoms with E-state index in [4.69, 9.17) is 16.2 Å². The summed E-state index contributed by atoms with van der Waals surface area (Å²) in [5.41, 5.74) is 11.0. The van der Waals surface area contributed by atoms with Gasteiger partial charge >= 0.3 is 11.9 Å². The highest BCUT2D eigenvalue weighted by molar-refractivity contribution is 5.90. The number of rotatable bonds is 6. The maximum absolute atomic E-state index is 11.5. The van der Waals surface area contributed by atoms with Gasteiger partial charge < -0.3 is 21.5 Å². The summed E-state index contributed by atoms with van der Waals surface area (Å²) in [5, 5.41) is 2.97. The van der Waals surface area contributed by atoms with Gasteiger partial charge in [0.25, 0.3) is 0 Å². The Morgan fingerprint density at radius 2 is 2.18 bits per heavy atom. The second-order valence-electron chi connectivity index (χ2n) is 4.28. The van der Waals surface area contributed by atoms with Gasteiger partial charge in [-0.05, 0) is 38.8 Å². The minimum atomic E-state index is -0.730. The molecule has 98 valence electrons. The van der Waals surface area contributed by atoms with Gasteiger partial charge in [-0.15, -0.1) is 0 Å². The number of hydrogen-bond donors (Lipinski definition) is 3. The van der Waals surface area contributed by atoms with Gasteiger partial charge in [-0.25, -0.2) is 9.59 Å². The predicted molar refractivity (Wildman–Crippen MR) is 63.0 cm³/mol. The van der Waals surface area contributed by atoms with E-state index in [1.54, 1.807) is 0 Å². The number of carbonyl (C=O) groups is 2. The molecule has 6 nitrogen and oxygen atoms in total. The van der Waals surface area contributed by atoms with Crippen LogP contribution < -0.4 is 16.8 Å². The molecule has 6 heteroatoms. The fraction of sp³-hybridized carbons (Fsp3) is 0.818. The van der Waals surface area contributed by atoms with Crippen molar-refractivity contribution in [3.8, 4) is 0 Å². The third kappa shape index (κ3) is 4.80. The Balaban J connectivity index is 2.24. The van der Waals surface area contributed by atoms with E-state index < -0.39 is 18.0 Å². The summed E-state index contributed by atoms with van der Waals surface area (Å²) < 4.78 is 4.73. The average molecular weight is 243 g/mol. The number of hydrogen-bond acceptors (Lipinski definition) is 6. The number of esters is 2. The lowest BCUT2D eigenvalue weighted by Gasteiger charge is -2.12. The summed E-state index contributed by atoms with van der Waals surface area (Å²) in [7, 11) is 0. The Morgan fingerprint density at radius 1 is 1.41 bits per heavy atom. The topological polar surface area (TPSA) is 107 Å². The highest BCUT2D eigenvalue weighted by Crippen LogP contribution is 2.08. The van der Waals surface area contributed by atoms with Gasteiger partial charge in [0.2, 0.25) is 0 Å². The molecule has 0 aromatic carbocycles. The average Bonchev–Trinajstić information content (AvgIpc) is 2.82. The highest BCUT2D eigenvalue weighted by Gasteiger charge is 2.27. The van der Waals surface area contributed by atoms with Crippen molar-refractivity contribution in [1.82, 2.24) is 5.32 Å². The Labute approximate surface area is 101 Å². The van der Waals surface area contributed by atoms with Crippen LogP contribution in [0.3, 0.4) is 0 Å². The van der Waals surface area contributed by atoms with Gasteiger partial charge in [-0.1, -0.05) is 6.42 Å². The van der Waals surface area contributed by atoms with Crippen LogP contribution in [0.5, 0.6) is 0 Å². The Hall–Kier alpha value is -0.980. The summed E-state index contributed by atoms with van der Waals surface area (Å²) in [6.07, 6.45) is 3.73. The maximum Gasteiger partial charge on any atom is 0.330 e. The van der Waals surface area contributed by atoms with Gasteiger partial charge in [-0.2, -0.15) is 0 Å². The monoisotopic (exact) mass is 243 g/mol. The van der Waals surface area contributed by atoms with Crippen molar-refractivity contribution in [2.45, 2.75) is 44.2 Å². The molecule has 0 aromatic rings. The molecule has 1 aliphatic heterocycles. The van der Waals surface area contributed by atoms with Crippen LogP contribution in [0.1, 0.15) is 32.1 Å². The molecule has 17 heavy (non-hydrogen) atoms. The summed E-state index contributed by atoms with van der Waals surface area (Å²) in [6.45, 7) is 1.36. The lowest BCUT2D eigenvalue weighted by Crippen LogP contribution is -2.39. The lowest BCUT2D eigenvalue weighted by atomic mass is 10.1. The fourth-order valence-corrected chi connectivity index (χ4v) is 1.76. The van der Waals surface area contributed by atoms with Crippen molar-refractivity contribution in [3.63, 3.8) is 0 Å². The number of nitrogens with one attached hydrogen (secondary N) is 1. The second kappa shape index (κ2) is 7.37. The first-order chi connectivity index (χ1) is 8.15. The van der Waals surface area contributed by atoms with Crippen LogP contribution in [0.25, 0.3) is 0 Å². The number of unbranched alkanes of at least 4 members (excludes halogenated alkanes) is 1. The van der Waals surface area contributed by atoms with Gasteiger partial charge in [0.15, 0.2) is 0 Å². The third-order valence-corrected chi connectivity index (χ3v) is 2.82. The van der Waals surface area contributed by atoms with Crippen LogP contribution in [0, 0.1) is 0 Å². The molecule has 1 heterocycles. The first-order valence-corrected chi connectivity index (χ1v) is 6.09. The van der Waals surface area contributed by atoms with Gasteiger partial charge in [0, 0.05) is 0 Å². The highest BCUT2D eigenvalue weighted by atomic mass is 16.6. The van der Waals surface area contributed by atoms with E-state index >= 15 is 0 Å². The van der Waals surface area contributed by atoms with Gasteiger partial charge in [0.1, 0.15) is 12.1 Å². The standard InChI is InChI=1S/C11H21N3O3/c12-6-2-1-4-8(13)10(15)17-11(16)9-5-3-7-14-9/h8-9,14H,1-7,12-13H2/t8-,9-/m1/s1. The van der Waals surface area contributed by atoms with Crippen LogP contribution >= 0.6 is 0 Å². The smallest absolute Gasteiger partial charge is 0.330 e. The molecular weight excluding hydrogens is 222 g/mol. The Kier molecular flexibility index (Phi) is 6.10. The zero-order chi connectivity index (χ0) is 12.7. The third-order valence-electron chi connectivity index (χ3n) is 2.82. The molecule has 5 N–H and O–H groups in total. The second-order valence-corrected chi connectivity index (χ2v) is 4.28. The summed E-state index contributed by atoms with van der Waals surface area (Å²) in [4.78, 5) is 23.0. The zero-order valence-corrected chi connectivity index (χ0v) is 9.98. The molecule has 0 bridgehead atoms. The predicted octanol–water partition coefficient (Wildman–Crippen LogP) is -0.735. The molecule has 0 aliphatic carbocycles. The summed E-state index contributed by atoms with van der Waals surface area (Å²) in [5.74, 6) is -1.15. The van der Waals surface area contributed by atoms with Crippen molar-refractivity contribution in [1.29, 1.82) is 0 Å². The van der Waals surface area contributed by atoms with Crippen LogP contribution in [0.4, 0.5) is 0 Å². The zero-order valence-electron chi connectivity index (χ0n) is 9.98. The quantitative estimate of drug-likeness (QED) is 0.322. The molecular formula is C11H21N3O3. The minimum absolute atomic E-state index is 0.352. The van der Waals surface area contributed by atoms with Gasteiger partial charge in [0.05, 0.1) is 0 Å². The van der Waals surface area contributed by atoms with Crippen LogP contribution in [0.15, 0.2) is 0 Å². The van der Waals surface area contributed by atoms with E-state index in [0.717, 1.165) is 25.8 Å². The molecule has 2 atom stereocenters. The Morgan fingerprint density at radius 3 is 2.76 bits per heavy atom. The van der Waals surface area contributed by atoms with E-state index in [0.29, 0.717) is 19.4 Å². The number of nitrogens with two attached hydrogens (primary N) is 2. The van der Waals surface area contributed by atoms with Gasteiger partial charge in [-0.3, -0.25) is 0 Å². The molecule has 1 fully saturated rings.